The lowest BCUT2D eigenvalue weighted by Crippen LogP contribution is -2.59. The molecule has 1 aliphatic rings. The zero-order chi connectivity index (χ0) is 19.7. The third kappa shape index (κ3) is 3.66. The standard InChI is InChI=1S/C21H20F2N4O/c1-13-16-5-3-7-19(17(16)8-9-24-13)26-21(28)25-15-11-27(12-15)10-14-4-2-6-18(22)20(14)23/h2-9,15H,10-12H2,1H3,(H2,25,26,28). The number of nitrogens with one attached hydrogen (secondary N) is 2. The van der Waals surface area contributed by atoms with Crippen molar-refractivity contribution in [2.75, 3.05) is 18.4 Å². The fourth-order valence-electron chi connectivity index (χ4n) is 3.51. The molecule has 0 unspecified atom stereocenters. The van der Waals surface area contributed by atoms with Crippen molar-refractivity contribution in [3.05, 3.63) is 71.6 Å². The first kappa shape index (κ1) is 18.3. The number of urea groups is 1. The zero-order valence-corrected chi connectivity index (χ0v) is 15.4. The number of aromatic nitrogens is 1. The van der Waals surface area contributed by atoms with E-state index >= 15 is 0 Å². The first-order valence-electron chi connectivity index (χ1n) is 9.08. The Morgan fingerprint density at radius 2 is 1.93 bits per heavy atom. The average Bonchev–Trinajstić information content (AvgIpc) is 2.64. The van der Waals surface area contributed by atoms with Crippen molar-refractivity contribution in [2.24, 2.45) is 0 Å². The number of hydrogen-bond donors (Lipinski definition) is 2. The van der Waals surface area contributed by atoms with E-state index in [0.717, 1.165) is 28.2 Å². The molecule has 2 aromatic carbocycles. The number of likely N-dealkylation sites (tertiary alicyclic amines) is 1. The van der Waals surface area contributed by atoms with Gasteiger partial charge in [-0.05, 0) is 25.1 Å². The molecule has 7 heteroatoms. The van der Waals surface area contributed by atoms with Crippen LogP contribution in [0.15, 0.2) is 48.7 Å². The number of nitrogens with zero attached hydrogens (tertiary/aromatic N) is 2. The number of pyridine rings is 1. The number of anilines is 1. The second-order valence-electron chi connectivity index (χ2n) is 7.00. The molecule has 28 heavy (non-hydrogen) atoms. The summed E-state index contributed by atoms with van der Waals surface area (Å²) in [4.78, 5) is 18.6. The molecule has 0 aliphatic carbocycles. The van der Waals surface area contributed by atoms with Gasteiger partial charge in [-0.15, -0.1) is 0 Å². The van der Waals surface area contributed by atoms with Crippen LogP contribution in [0.3, 0.4) is 0 Å². The minimum atomic E-state index is -0.840. The summed E-state index contributed by atoms with van der Waals surface area (Å²) in [5.41, 5.74) is 1.95. The summed E-state index contributed by atoms with van der Waals surface area (Å²) in [6, 6.07) is 11.4. The van der Waals surface area contributed by atoms with Crippen LogP contribution in [0.2, 0.25) is 0 Å². The van der Waals surface area contributed by atoms with E-state index in [1.54, 1.807) is 12.3 Å². The molecule has 2 N–H and O–H groups in total. The molecule has 1 aromatic heterocycles. The lowest BCUT2D eigenvalue weighted by molar-refractivity contribution is 0.122. The van der Waals surface area contributed by atoms with E-state index in [4.69, 9.17) is 0 Å². The van der Waals surface area contributed by atoms with Crippen LogP contribution < -0.4 is 10.6 Å². The van der Waals surface area contributed by atoms with Crippen LogP contribution in [-0.4, -0.2) is 35.0 Å². The van der Waals surface area contributed by atoms with Gasteiger partial charge in [-0.25, -0.2) is 13.6 Å². The molecule has 1 fully saturated rings. The molecular weight excluding hydrogens is 362 g/mol. The first-order chi connectivity index (χ1) is 13.5. The van der Waals surface area contributed by atoms with Gasteiger partial charge in [-0.2, -0.15) is 0 Å². The summed E-state index contributed by atoms with van der Waals surface area (Å²) in [5.74, 6) is -1.65. The van der Waals surface area contributed by atoms with Gasteiger partial charge in [-0.1, -0.05) is 24.3 Å². The molecule has 0 saturated carbocycles. The Morgan fingerprint density at radius 1 is 1.14 bits per heavy atom. The van der Waals surface area contributed by atoms with Crippen LogP contribution in [0.1, 0.15) is 11.3 Å². The van der Waals surface area contributed by atoms with Crippen molar-refractivity contribution in [2.45, 2.75) is 19.5 Å². The van der Waals surface area contributed by atoms with Crippen molar-refractivity contribution < 1.29 is 13.6 Å². The molecule has 4 rings (SSSR count). The second kappa shape index (κ2) is 7.52. The van der Waals surface area contributed by atoms with Crippen LogP contribution in [-0.2, 0) is 6.54 Å². The molecule has 0 spiro atoms. The van der Waals surface area contributed by atoms with Gasteiger partial charge in [0.05, 0.1) is 11.7 Å². The molecule has 2 amide bonds. The maximum atomic E-state index is 13.7. The van der Waals surface area contributed by atoms with E-state index in [1.807, 2.05) is 36.1 Å². The van der Waals surface area contributed by atoms with Gasteiger partial charge in [0.1, 0.15) is 0 Å². The molecule has 2 heterocycles. The summed E-state index contributed by atoms with van der Waals surface area (Å²) in [6.45, 7) is 3.42. The number of carbonyl (C=O) groups is 1. The van der Waals surface area contributed by atoms with Crippen LogP contribution >= 0.6 is 0 Å². The maximum absolute atomic E-state index is 13.7. The second-order valence-corrected chi connectivity index (χ2v) is 7.00. The van der Waals surface area contributed by atoms with E-state index in [-0.39, 0.29) is 12.1 Å². The molecule has 0 radical (unpaired) electrons. The monoisotopic (exact) mass is 382 g/mol. The maximum Gasteiger partial charge on any atom is 0.319 e. The summed E-state index contributed by atoms with van der Waals surface area (Å²) in [7, 11) is 0. The third-order valence-electron chi connectivity index (χ3n) is 4.97. The van der Waals surface area contributed by atoms with Gasteiger partial charge in [-0.3, -0.25) is 9.88 Å². The normalized spacial score (nSPS) is 14.7. The number of carbonyl (C=O) groups excluding carboxylic acids is 1. The number of fused-ring (bicyclic) bond motifs is 1. The van der Waals surface area contributed by atoms with E-state index in [1.165, 1.54) is 6.07 Å². The van der Waals surface area contributed by atoms with Crippen LogP contribution in [0, 0.1) is 18.6 Å². The van der Waals surface area contributed by atoms with Gasteiger partial charge in [0.25, 0.3) is 0 Å². The van der Waals surface area contributed by atoms with Gasteiger partial charge >= 0.3 is 6.03 Å². The van der Waals surface area contributed by atoms with Crippen molar-refractivity contribution >= 4 is 22.5 Å². The topological polar surface area (TPSA) is 57.3 Å². The van der Waals surface area contributed by atoms with Crippen LogP contribution in [0.5, 0.6) is 0 Å². The molecule has 0 atom stereocenters. The average molecular weight is 382 g/mol. The number of benzene rings is 2. The Labute approximate surface area is 161 Å². The third-order valence-corrected chi connectivity index (χ3v) is 4.97. The molecule has 3 aromatic rings. The predicted molar refractivity (Wildman–Crippen MR) is 104 cm³/mol. The Hall–Kier alpha value is -3.06. The van der Waals surface area contributed by atoms with Gasteiger partial charge in [0.2, 0.25) is 0 Å². The highest BCUT2D eigenvalue weighted by molar-refractivity contribution is 6.02. The van der Waals surface area contributed by atoms with E-state index in [9.17, 15) is 13.6 Å². The highest BCUT2D eigenvalue weighted by Gasteiger charge is 2.28. The van der Waals surface area contributed by atoms with Gasteiger partial charge in [0.15, 0.2) is 11.6 Å². The number of aryl methyl sites for hydroxylation is 1. The van der Waals surface area contributed by atoms with Gasteiger partial charge in [0, 0.05) is 47.9 Å². The highest BCUT2D eigenvalue weighted by atomic mass is 19.2. The van der Waals surface area contributed by atoms with E-state index in [0.29, 0.717) is 25.2 Å². The van der Waals surface area contributed by atoms with E-state index < -0.39 is 11.6 Å². The predicted octanol–water partition coefficient (Wildman–Crippen LogP) is 3.83. The molecule has 0 bridgehead atoms. The summed E-state index contributed by atoms with van der Waals surface area (Å²) >= 11 is 0. The number of hydrogen-bond acceptors (Lipinski definition) is 3. The minimum Gasteiger partial charge on any atom is -0.333 e. The lowest BCUT2D eigenvalue weighted by Gasteiger charge is -2.39. The summed E-state index contributed by atoms with van der Waals surface area (Å²) in [5, 5.41) is 7.72. The highest BCUT2D eigenvalue weighted by Crippen LogP contribution is 2.24. The first-order valence-corrected chi connectivity index (χ1v) is 9.08. The quantitative estimate of drug-likeness (QED) is 0.721. The Morgan fingerprint density at radius 3 is 2.75 bits per heavy atom. The fraction of sp³-hybridized carbons (Fsp3) is 0.238. The van der Waals surface area contributed by atoms with Gasteiger partial charge < -0.3 is 10.6 Å². The molecule has 144 valence electrons. The van der Waals surface area contributed by atoms with E-state index in [2.05, 4.69) is 15.6 Å². The largest absolute Gasteiger partial charge is 0.333 e. The Balaban J connectivity index is 1.33. The van der Waals surface area contributed by atoms with Crippen molar-refractivity contribution in [3.8, 4) is 0 Å². The van der Waals surface area contributed by atoms with Crippen molar-refractivity contribution in [3.63, 3.8) is 0 Å². The Kier molecular flexibility index (Phi) is 4.92. The smallest absolute Gasteiger partial charge is 0.319 e. The minimum absolute atomic E-state index is 0.0324. The molecule has 1 saturated heterocycles. The summed E-state index contributed by atoms with van der Waals surface area (Å²) in [6.07, 6.45) is 1.72. The number of rotatable bonds is 4. The van der Waals surface area contributed by atoms with Crippen LogP contribution in [0.4, 0.5) is 19.3 Å². The van der Waals surface area contributed by atoms with Crippen molar-refractivity contribution in [1.29, 1.82) is 0 Å². The van der Waals surface area contributed by atoms with Crippen molar-refractivity contribution in [1.82, 2.24) is 15.2 Å². The van der Waals surface area contributed by atoms with Crippen LogP contribution in [0.25, 0.3) is 10.8 Å². The molecule has 5 nitrogen and oxygen atoms in total. The Bertz CT molecular complexity index is 1030. The molecule has 1 aliphatic heterocycles. The zero-order valence-electron chi connectivity index (χ0n) is 15.4. The molecular formula is C21H20F2N4O. The number of halogens is 2. The lowest BCUT2D eigenvalue weighted by atomic mass is 10.1. The fourth-order valence-corrected chi connectivity index (χ4v) is 3.51. The number of amides is 2. The summed E-state index contributed by atoms with van der Waals surface area (Å²) < 4.78 is 27.0. The SMILES string of the molecule is Cc1nccc2c(NC(=O)NC3CN(Cc4cccc(F)c4F)C3)cccc12.